The van der Waals surface area contributed by atoms with Gasteiger partial charge in [-0.15, -0.1) is 11.8 Å². The van der Waals surface area contributed by atoms with E-state index in [0.29, 0.717) is 23.9 Å². The number of hydrogen-bond acceptors (Lipinski definition) is 6. The van der Waals surface area contributed by atoms with Crippen LogP contribution >= 0.6 is 11.8 Å². The number of nitrogens with one attached hydrogen (secondary N) is 1. The van der Waals surface area contributed by atoms with Crippen molar-refractivity contribution < 1.29 is 14.5 Å². The van der Waals surface area contributed by atoms with E-state index in [1.807, 2.05) is 30.3 Å². The van der Waals surface area contributed by atoms with E-state index >= 15 is 0 Å². The Morgan fingerprint density at radius 2 is 2.19 bits per heavy atom. The Morgan fingerprint density at radius 1 is 1.38 bits per heavy atom. The van der Waals surface area contributed by atoms with Crippen molar-refractivity contribution in [3.05, 3.63) is 57.2 Å². The summed E-state index contributed by atoms with van der Waals surface area (Å²) in [7, 11) is 0. The van der Waals surface area contributed by atoms with Gasteiger partial charge in [-0.1, -0.05) is 30.3 Å². The number of carbonyl (C=O) groups is 1. The van der Waals surface area contributed by atoms with Gasteiger partial charge in [-0.2, -0.15) is 0 Å². The molecule has 3 rings (SSSR count). The first-order valence-corrected chi connectivity index (χ1v) is 9.79. The van der Waals surface area contributed by atoms with Gasteiger partial charge in [-0.25, -0.2) is 0 Å². The van der Waals surface area contributed by atoms with E-state index < -0.39 is 4.92 Å². The van der Waals surface area contributed by atoms with Gasteiger partial charge in [0.15, 0.2) is 0 Å². The van der Waals surface area contributed by atoms with Gasteiger partial charge in [0.25, 0.3) is 6.20 Å². The van der Waals surface area contributed by atoms with Crippen molar-refractivity contribution in [1.82, 2.24) is 10.2 Å². The van der Waals surface area contributed by atoms with Crippen LogP contribution in [0.4, 0.5) is 0 Å². The molecule has 0 unspecified atom stereocenters. The van der Waals surface area contributed by atoms with Crippen LogP contribution in [0, 0.1) is 10.1 Å². The smallest absolute Gasteiger partial charge is 0.264 e. The number of thioether (sulfide) groups is 1. The molecule has 0 spiro atoms. The van der Waals surface area contributed by atoms with Gasteiger partial charge in [-0.3, -0.25) is 19.8 Å². The van der Waals surface area contributed by atoms with E-state index in [0.717, 1.165) is 31.0 Å². The van der Waals surface area contributed by atoms with Crippen molar-refractivity contribution in [2.75, 3.05) is 18.8 Å². The van der Waals surface area contributed by atoms with Crippen LogP contribution in [0.15, 0.2) is 41.6 Å². The van der Waals surface area contributed by atoms with Crippen molar-refractivity contribution >= 4 is 17.7 Å². The average molecular weight is 377 g/mol. The number of nitro groups is 1. The molecule has 1 aromatic rings. The van der Waals surface area contributed by atoms with Crippen molar-refractivity contribution in [3.63, 3.8) is 0 Å². The maximum atomic E-state index is 12.4. The van der Waals surface area contributed by atoms with Crippen molar-refractivity contribution in [3.8, 4) is 0 Å². The number of nitrogens with zero attached hydrogens (tertiary/aromatic N) is 2. The lowest BCUT2D eigenvalue weighted by Crippen LogP contribution is -2.43. The van der Waals surface area contributed by atoms with Crippen LogP contribution in [0.5, 0.6) is 0 Å². The first-order valence-electron chi connectivity index (χ1n) is 8.81. The second kappa shape index (κ2) is 9.16. The van der Waals surface area contributed by atoms with E-state index in [9.17, 15) is 14.9 Å². The summed E-state index contributed by atoms with van der Waals surface area (Å²) in [6.45, 7) is 1.26. The second-order valence-corrected chi connectivity index (χ2v) is 7.52. The van der Waals surface area contributed by atoms with Crippen LogP contribution in [0.3, 0.4) is 0 Å². The predicted octanol–water partition coefficient (Wildman–Crippen LogP) is 2.36. The minimum absolute atomic E-state index is 0.0877. The Balaban J connectivity index is 1.48. The van der Waals surface area contributed by atoms with Gasteiger partial charge in [0.2, 0.25) is 5.91 Å². The third-order valence-corrected chi connectivity index (χ3v) is 5.63. The molecule has 1 aromatic carbocycles. The normalized spacial score (nSPS) is 24.3. The molecule has 2 aliphatic rings. The Labute approximate surface area is 156 Å². The van der Waals surface area contributed by atoms with E-state index in [1.54, 1.807) is 0 Å². The van der Waals surface area contributed by atoms with Crippen molar-refractivity contribution in [2.45, 2.75) is 38.0 Å². The minimum Gasteiger partial charge on any atom is -0.372 e. The predicted molar refractivity (Wildman–Crippen MR) is 99.9 cm³/mol. The molecule has 1 amide bonds. The molecule has 2 atom stereocenters. The molecule has 1 saturated carbocycles. The zero-order valence-electron chi connectivity index (χ0n) is 14.5. The largest absolute Gasteiger partial charge is 0.372 e. The summed E-state index contributed by atoms with van der Waals surface area (Å²) in [5.41, 5.74) is 1.14. The molecular weight excluding hydrogens is 354 g/mol. The molecule has 1 saturated heterocycles. The molecule has 0 aromatic heterocycles. The molecule has 1 N–H and O–H groups in total. The Kier molecular flexibility index (Phi) is 6.65. The van der Waals surface area contributed by atoms with E-state index in [-0.39, 0.29) is 24.6 Å². The highest BCUT2D eigenvalue weighted by molar-refractivity contribution is 8.03. The maximum absolute atomic E-state index is 12.4. The number of amides is 1. The zero-order chi connectivity index (χ0) is 18.4. The van der Waals surface area contributed by atoms with Gasteiger partial charge in [-0.05, 0) is 24.8 Å². The molecule has 0 radical (unpaired) electrons. The van der Waals surface area contributed by atoms with Gasteiger partial charge < -0.3 is 10.1 Å². The minimum atomic E-state index is -0.508. The molecular formula is C18H23N3O4S. The quantitative estimate of drug-likeness (QED) is 0.580. The Hall–Kier alpha value is -1.90. The van der Waals surface area contributed by atoms with Gasteiger partial charge in [0.05, 0.1) is 24.2 Å². The molecule has 1 aliphatic carbocycles. The van der Waals surface area contributed by atoms with Gasteiger partial charge in [0.1, 0.15) is 5.03 Å². The molecule has 0 bridgehead atoms. The van der Waals surface area contributed by atoms with Crippen LogP contribution in [0.25, 0.3) is 0 Å². The molecule has 1 aliphatic heterocycles. The summed E-state index contributed by atoms with van der Waals surface area (Å²) in [5.74, 6) is 0.564. The number of benzene rings is 1. The summed E-state index contributed by atoms with van der Waals surface area (Å²) in [4.78, 5) is 24.1. The molecule has 2 fully saturated rings. The lowest BCUT2D eigenvalue weighted by atomic mass is 10.2. The Morgan fingerprint density at radius 3 is 2.96 bits per heavy atom. The third-order valence-electron chi connectivity index (χ3n) is 4.62. The fourth-order valence-electron chi connectivity index (χ4n) is 3.32. The molecule has 1 heterocycles. The van der Waals surface area contributed by atoms with Crippen LogP contribution < -0.4 is 5.32 Å². The fourth-order valence-corrected chi connectivity index (χ4v) is 4.32. The number of rotatable bonds is 7. The van der Waals surface area contributed by atoms with Crippen molar-refractivity contribution in [2.24, 2.45) is 0 Å². The SMILES string of the molecule is O=C(CN[C@H]1CCC[C@@H]1OCc1ccccc1)N1CCS/C1=C\[N+](=O)[O-]. The Bertz CT molecular complexity index is 668. The zero-order valence-corrected chi connectivity index (χ0v) is 15.3. The fraction of sp³-hybridized carbons (Fsp3) is 0.500. The number of ether oxygens (including phenoxy) is 1. The van der Waals surface area contributed by atoms with E-state index in [2.05, 4.69) is 5.32 Å². The number of carbonyl (C=O) groups excluding carboxylic acids is 1. The highest BCUT2D eigenvalue weighted by Crippen LogP contribution is 2.28. The van der Waals surface area contributed by atoms with Crippen LogP contribution in [0.2, 0.25) is 0 Å². The standard InChI is InChI=1S/C18H23N3O4S/c22-17(20-9-10-26-18(20)12-21(23)24)11-19-15-7-4-8-16(15)25-13-14-5-2-1-3-6-14/h1-3,5-6,12,15-16,19H,4,7-11,13H2/b18-12-/t15-,16-/m0/s1. The molecule has 7 nitrogen and oxygen atoms in total. The van der Waals surface area contributed by atoms with Crippen LogP contribution in [-0.2, 0) is 16.1 Å². The summed E-state index contributed by atoms with van der Waals surface area (Å²) in [5, 5.41) is 14.4. The second-order valence-electron chi connectivity index (χ2n) is 6.40. The highest BCUT2D eigenvalue weighted by Gasteiger charge is 2.31. The summed E-state index contributed by atoms with van der Waals surface area (Å²) in [6.07, 6.45) is 4.02. The summed E-state index contributed by atoms with van der Waals surface area (Å²) in [6, 6.07) is 10.2. The van der Waals surface area contributed by atoms with Crippen LogP contribution in [0.1, 0.15) is 24.8 Å². The maximum Gasteiger partial charge on any atom is 0.264 e. The molecule has 140 valence electrons. The van der Waals surface area contributed by atoms with E-state index in [1.165, 1.54) is 16.7 Å². The van der Waals surface area contributed by atoms with Crippen LogP contribution in [-0.4, -0.2) is 46.7 Å². The molecule has 26 heavy (non-hydrogen) atoms. The van der Waals surface area contributed by atoms with E-state index in [4.69, 9.17) is 4.74 Å². The monoisotopic (exact) mass is 377 g/mol. The van der Waals surface area contributed by atoms with Gasteiger partial charge in [0, 0.05) is 18.3 Å². The highest BCUT2D eigenvalue weighted by atomic mass is 32.2. The molecule has 8 heteroatoms. The summed E-state index contributed by atoms with van der Waals surface area (Å²) >= 11 is 1.34. The topological polar surface area (TPSA) is 84.7 Å². The van der Waals surface area contributed by atoms with Gasteiger partial charge >= 0.3 is 0 Å². The van der Waals surface area contributed by atoms with Crippen molar-refractivity contribution in [1.29, 1.82) is 0 Å². The number of hydrogen-bond donors (Lipinski definition) is 1. The first kappa shape index (κ1) is 18.9. The first-order chi connectivity index (χ1) is 12.6. The average Bonchev–Trinajstić information content (AvgIpc) is 3.27. The third kappa shape index (κ3) is 5.06. The lowest BCUT2D eigenvalue weighted by molar-refractivity contribution is -0.403. The lowest BCUT2D eigenvalue weighted by Gasteiger charge is -2.23. The summed E-state index contributed by atoms with van der Waals surface area (Å²) < 4.78 is 6.04.